The molecule has 2 heterocycles. The maximum absolute atomic E-state index is 9.34. The van der Waals surface area contributed by atoms with Gasteiger partial charge in [-0.05, 0) is 31.0 Å². The van der Waals surface area contributed by atoms with Crippen LogP contribution in [0.4, 0.5) is 0 Å². The Bertz CT molecular complexity index is 628. The van der Waals surface area contributed by atoms with E-state index in [1.165, 1.54) is 5.56 Å². The van der Waals surface area contributed by atoms with Crippen LogP contribution in [0.25, 0.3) is 0 Å². The molecule has 1 aromatic rings. The Labute approximate surface area is 136 Å². The molecule has 1 aromatic carbocycles. The summed E-state index contributed by atoms with van der Waals surface area (Å²) >= 11 is 0. The predicted octanol–water partition coefficient (Wildman–Crippen LogP) is 2.83. The topological polar surface area (TPSA) is 63.5 Å². The number of nitrogens with zero attached hydrogens (tertiary/aromatic N) is 2. The number of oxime groups is 1. The van der Waals surface area contributed by atoms with Crippen LogP contribution >= 0.6 is 0 Å². The first-order valence-electron chi connectivity index (χ1n) is 7.97. The number of hydrogen-bond acceptors (Lipinski definition) is 6. The summed E-state index contributed by atoms with van der Waals surface area (Å²) in [5, 5.41) is 12.8. The third kappa shape index (κ3) is 2.72. The van der Waals surface area contributed by atoms with Gasteiger partial charge in [0.05, 0.1) is 12.8 Å². The van der Waals surface area contributed by atoms with Gasteiger partial charge >= 0.3 is 0 Å². The molecule has 1 atom stereocenters. The molecule has 0 saturated heterocycles. The van der Waals surface area contributed by atoms with E-state index in [1.807, 2.05) is 13.8 Å². The molecular weight excluding hydrogens is 296 g/mol. The van der Waals surface area contributed by atoms with Crippen LogP contribution in [0.3, 0.4) is 0 Å². The standard InChI is InChI=1S/C17H24N2O4/c1-10(2)12(18-20)8-13-15-11(5-6-19(13)3)7-14-16(17(15)21-4)23-9-22-14/h7,10,13,20H,5-6,8-9H2,1-4H3/b18-12+/t13-/m0/s1. The smallest absolute Gasteiger partial charge is 0.231 e. The highest BCUT2D eigenvalue weighted by Crippen LogP contribution is 2.50. The molecule has 1 N–H and O–H groups in total. The predicted molar refractivity (Wildman–Crippen MR) is 86.9 cm³/mol. The summed E-state index contributed by atoms with van der Waals surface area (Å²) < 4.78 is 16.8. The number of ether oxygens (including phenoxy) is 3. The van der Waals surface area contributed by atoms with Gasteiger partial charge in [-0.1, -0.05) is 19.0 Å². The van der Waals surface area contributed by atoms with Crippen LogP contribution in [0.1, 0.15) is 37.4 Å². The van der Waals surface area contributed by atoms with E-state index in [0.29, 0.717) is 12.2 Å². The highest BCUT2D eigenvalue weighted by atomic mass is 16.7. The Kier molecular flexibility index (Phi) is 4.35. The average molecular weight is 320 g/mol. The first kappa shape index (κ1) is 15.9. The van der Waals surface area contributed by atoms with Gasteiger partial charge in [-0.25, -0.2) is 0 Å². The summed E-state index contributed by atoms with van der Waals surface area (Å²) in [5.41, 5.74) is 3.12. The van der Waals surface area contributed by atoms with Crippen molar-refractivity contribution in [1.29, 1.82) is 0 Å². The van der Waals surface area contributed by atoms with E-state index >= 15 is 0 Å². The van der Waals surface area contributed by atoms with Gasteiger partial charge < -0.3 is 19.4 Å². The van der Waals surface area contributed by atoms with Gasteiger partial charge in [-0.3, -0.25) is 4.90 Å². The van der Waals surface area contributed by atoms with Gasteiger partial charge in [0, 0.05) is 24.6 Å². The van der Waals surface area contributed by atoms with Crippen LogP contribution in [0.15, 0.2) is 11.2 Å². The minimum atomic E-state index is 0.0940. The van der Waals surface area contributed by atoms with Crippen molar-refractivity contribution in [2.24, 2.45) is 11.1 Å². The summed E-state index contributed by atoms with van der Waals surface area (Å²) in [6.45, 7) is 5.24. The molecule has 0 unspecified atom stereocenters. The van der Waals surface area contributed by atoms with Crippen molar-refractivity contribution in [3.8, 4) is 17.2 Å². The summed E-state index contributed by atoms with van der Waals surface area (Å²) in [5.74, 6) is 2.37. The van der Waals surface area contributed by atoms with E-state index in [9.17, 15) is 5.21 Å². The van der Waals surface area contributed by atoms with Crippen molar-refractivity contribution in [1.82, 2.24) is 4.90 Å². The number of fused-ring (bicyclic) bond motifs is 2. The van der Waals surface area contributed by atoms with Gasteiger partial charge in [0.25, 0.3) is 0 Å². The number of hydrogen-bond donors (Lipinski definition) is 1. The molecule has 6 nitrogen and oxygen atoms in total. The van der Waals surface area contributed by atoms with E-state index < -0.39 is 0 Å². The minimum absolute atomic E-state index is 0.0940. The molecule has 0 radical (unpaired) electrons. The highest BCUT2D eigenvalue weighted by molar-refractivity contribution is 5.86. The van der Waals surface area contributed by atoms with Crippen molar-refractivity contribution in [2.45, 2.75) is 32.7 Å². The second-order valence-corrected chi connectivity index (χ2v) is 6.41. The molecule has 6 heteroatoms. The molecule has 0 spiro atoms. The van der Waals surface area contributed by atoms with Crippen LogP contribution in [0.2, 0.25) is 0 Å². The Morgan fingerprint density at radius 2 is 2.26 bits per heavy atom. The van der Waals surface area contributed by atoms with E-state index in [2.05, 4.69) is 23.2 Å². The third-order valence-electron chi connectivity index (χ3n) is 4.74. The first-order chi connectivity index (χ1) is 11.1. The summed E-state index contributed by atoms with van der Waals surface area (Å²) in [4.78, 5) is 2.28. The lowest BCUT2D eigenvalue weighted by Gasteiger charge is -2.36. The largest absolute Gasteiger partial charge is 0.492 e. The van der Waals surface area contributed by atoms with Crippen LogP contribution < -0.4 is 14.2 Å². The number of benzene rings is 1. The Morgan fingerprint density at radius 3 is 2.91 bits per heavy atom. The van der Waals surface area contributed by atoms with Crippen LogP contribution in [-0.2, 0) is 6.42 Å². The van der Waals surface area contributed by atoms with Gasteiger partial charge in [-0.15, -0.1) is 0 Å². The number of likely N-dealkylation sites (N-methyl/N-ethyl adjacent to an activating group) is 1. The fraction of sp³-hybridized carbons (Fsp3) is 0.588. The van der Waals surface area contributed by atoms with Crippen LogP contribution in [0.5, 0.6) is 17.2 Å². The van der Waals surface area contributed by atoms with E-state index in [-0.39, 0.29) is 18.8 Å². The zero-order valence-electron chi connectivity index (χ0n) is 14.1. The second-order valence-electron chi connectivity index (χ2n) is 6.41. The van der Waals surface area contributed by atoms with E-state index in [0.717, 1.165) is 35.7 Å². The van der Waals surface area contributed by atoms with Crippen molar-refractivity contribution < 1.29 is 19.4 Å². The van der Waals surface area contributed by atoms with Gasteiger partial charge in [-0.2, -0.15) is 0 Å². The van der Waals surface area contributed by atoms with Gasteiger partial charge in [0.2, 0.25) is 12.5 Å². The quantitative estimate of drug-likeness (QED) is 0.525. The molecule has 126 valence electrons. The molecule has 0 aromatic heterocycles. The molecule has 2 aliphatic heterocycles. The molecule has 0 amide bonds. The average Bonchev–Trinajstić information content (AvgIpc) is 2.99. The van der Waals surface area contributed by atoms with E-state index in [1.54, 1.807) is 7.11 Å². The highest BCUT2D eigenvalue weighted by Gasteiger charge is 2.34. The molecule has 0 aliphatic carbocycles. The Balaban J connectivity index is 2.07. The molecular formula is C17H24N2O4. The molecule has 0 saturated carbocycles. The van der Waals surface area contributed by atoms with Gasteiger partial charge in [0.15, 0.2) is 11.5 Å². The summed E-state index contributed by atoms with van der Waals surface area (Å²) in [7, 11) is 3.75. The summed E-state index contributed by atoms with van der Waals surface area (Å²) in [6, 6.07) is 2.15. The van der Waals surface area contributed by atoms with Crippen molar-refractivity contribution >= 4 is 5.71 Å². The number of methoxy groups -OCH3 is 1. The van der Waals surface area contributed by atoms with E-state index in [4.69, 9.17) is 14.2 Å². The lowest BCUT2D eigenvalue weighted by Crippen LogP contribution is -2.34. The normalized spacial score (nSPS) is 20.7. The number of rotatable bonds is 4. The first-order valence-corrected chi connectivity index (χ1v) is 7.97. The molecule has 0 bridgehead atoms. The maximum Gasteiger partial charge on any atom is 0.231 e. The van der Waals surface area contributed by atoms with Crippen LogP contribution in [-0.4, -0.2) is 43.3 Å². The Morgan fingerprint density at radius 1 is 1.48 bits per heavy atom. The zero-order chi connectivity index (χ0) is 16.6. The third-order valence-corrected chi connectivity index (χ3v) is 4.74. The zero-order valence-corrected chi connectivity index (χ0v) is 14.1. The molecule has 3 rings (SSSR count). The lowest BCUT2D eigenvalue weighted by atomic mass is 9.86. The summed E-state index contributed by atoms with van der Waals surface area (Å²) in [6.07, 6.45) is 1.59. The lowest BCUT2D eigenvalue weighted by molar-refractivity contribution is 0.170. The van der Waals surface area contributed by atoms with Crippen LogP contribution in [0, 0.1) is 5.92 Å². The fourth-order valence-electron chi connectivity index (χ4n) is 3.37. The molecule has 0 fully saturated rings. The van der Waals surface area contributed by atoms with Gasteiger partial charge in [0.1, 0.15) is 0 Å². The molecule has 2 aliphatic rings. The van der Waals surface area contributed by atoms with Crippen molar-refractivity contribution in [3.63, 3.8) is 0 Å². The second kappa shape index (κ2) is 6.28. The molecule has 23 heavy (non-hydrogen) atoms. The van der Waals surface area contributed by atoms with Crippen molar-refractivity contribution in [2.75, 3.05) is 27.5 Å². The monoisotopic (exact) mass is 320 g/mol. The minimum Gasteiger partial charge on any atom is -0.492 e. The maximum atomic E-state index is 9.34. The Hall–Kier alpha value is -1.95. The SMILES string of the molecule is COc1c2c(cc3c1[C@H](C/C(=N\O)C(C)C)N(C)CC3)OCO2. The van der Waals surface area contributed by atoms with Crippen molar-refractivity contribution in [3.05, 3.63) is 17.2 Å². The fourth-order valence-corrected chi connectivity index (χ4v) is 3.37.